The average molecular weight is 1030 g/mol. The smallest absolute Gasteiger partial charge is 0.0894 e. The maximum absolute atomic E-state index is 4.59. The zero-order chi connectivity index (χ0) is 30.5. The fourth-order valence-corrected chi connectivity index (χ4v) is 5.85. The van der Waals surface area contributed by atoms with Crippen molar-refractivity contribution < 1.29 is 42.1 Å². The molecular weight excluding hydrogens is 1010 g/mol. The number of fused-ring (bicyclic) bond motifs is 1. The quantitative estimate of drug-likeness (QED) is 0.131. The second kappa shape index (κ2) is 18.9. The molecule has 0 bridgehead atoms. The molecule has 0 saturated carbocycles. The van der Waals surface area contributed by atoms with Gasteiger partial charge in [0, 0.05) is 66.4 Å². The van der Waals surface area contributed by atoms with Crippen LogP contribution in [0.3, 0.4) is 0 Å². The van der Waals surface area contributed by atoms with Crippen molar-refractivity contribution in [1.29, 1.82) is 0 Å². The first-order valence-electron chi connectivity index (χ1n) is 14.3. The molecule has 0 atom stereocenters. The number of aromatic nitrogens is 4. The zero-order valence-corrected chi connectivity index (χ0v) is 31.1. The van der Waals surface area contributed by atoms with Crippen molar-refractivity contribution in [3.05, 3.63) is 181 Å². The number of hydrogen-bond donors (Lipinski definition) is 0. The standard InChI is InChI=1S/C17H11N.C15H11N3.C8H4Se.2Pt/c1-2-7-14(8-3-1)15-9-6-10-16(13-15)17-11-4-5-12-18-17;1-3-10-16-12(6-1)14-8-5-9-15(18-14)13-7-2-4-11-17-13;1-2-4-8-7(3-1)5-6-9-8;;/h1-7,9-12H;1-11H;1-2,4,6H;;/q-2;;-2;;. The molecule has 3 aromatic carbocycles. The van der Waals surface area contributed by atoms with E-state index in [9.17, 15) is 0 Å². The van der Waals surface area contributed by atoms with Crippen LogP contribution in [0.2, 0.25) is 0 Å². The molecule has 8 rings (SSSR count). The van der Waals surface area contributed by atoms with Gasteiger partial charge in [-0.3, -0.25) is 15.0 Å². The summed E-state index contributed by atoms with van der Waals surface area (Å²) in [7, 11) is 0. The molecule has 0 unspecified atom stereocenters. The molecule has 0 saturated heterocycles. The molecule has 0 aliphatic carbocycles. The summed E-state index contributed by atoms with van der Waals surface area (Å²) in [6.45, 7) is 0. The summed E-state index contributed by atoms with van der Waals surface area (Å²) in [4.78, 5) is 19.6. The van der Waals surface area contributed by atoms with Crippen LogP contribution in [0.5, 0.6) is 0 Å². The summed E-state index contributed by atoms with van der Waals surface area (Å²) in [5.74, 6) is 0. The Morgan fingerprint density at radius 1 is 0.426 bits per heavy atom. The van der Waals surface area contributed by atoms with Gasteiger partial charge in [-0.2, -0.15) is 42.0 Å². The van der Waals surface area contributed by atoms with E-state index in [0.29, 0.717) is 14.5 Å². The van der Waals surface area contributed by atoms with Crippen molar-refractivity contribution in [2.75, 3.05) is 0 Å². The van der Waals surface area contributed by atoms with Gasteiger partial charge in [0.2, 0.25) is 0 Å². The number of pyridine rings is 4. The van der Waals surface area contributed by atoms with E-state index in [1.807, 2.05) is 127 Å². The van der Waals surface area contributed by atoms with Crippen LogP contribution in [0.25, 0.3) is 54.8 Å². The third kappa shape index (κ3) is 10.2. The summed E-state index contributed by atoms with van der Waals surface area (Å²) in [6.07, 6.45) is 5.33. The summed E-state index contributed by atoms with van der Waals surface area (Å²) in [6, 6.07) is 56.3. The van der Waals surface area contributed by atoms with Gasteiger partial charge in [-0.1, -0.05) is 30.3 Å². The normalized spacial score (nSPS) is 9.79. The predicted molar refractivity (Wildman–Crippen MR) is 182 cm³/mol. The van der Waals surface area contributed by atoms with Gasteiger partial charge in [-0.15, -0.1) is 23.8 Å². The summed E-state index contributed by atoms with van der Waals surface area (Å²) in [5.41, 5.74) is 7.50. The van der Waals surface area contributed by atoms with Crippen LogP contribution < -0.4 is 0 Å². The van der Waals surface area contributed by atoms with Crippen LogP contribution in [-0.2, 0) is 42.1 Å². The van der Waals surface area contributed by atoms with E-state index in [1.54, 1.807) is 18.6 Å². The summed E-state index contributed by atoms with van der Waals surface area (Å²) < 4.78 is 1.41. The molecule has 0 N–H and O–H groups in total. The Bertz CT molecular complexity index is 1800. The molecule has 0 fully saturated rings. The molecule has 5 aromatic heterocycles. The minimum absolute atomic E-state index is 0. The molecule has 5 heterocycles. The third-order valence-corrected chi connectivity index (χ3v) is 8.29. The van der Waals surface area contributed by atoms with Gasteiger partial charge in [-0.05, 0) is 42.5 Å². The van der Waals surface area contributed by atoms with Crippen LogP contribution in [0.4, 0.5) is 0 Å². The second-order valence-electron chi connectivity index (χ2n) is 9.60. The van der Waals surface area contributed by atoms with Crippen molar-refractivity contribution in [1.82, 2.24) is 19.9 Å². The van der Waals surface area contributed by atoms with Gasteiger partial charge in [0.15, 0.2) is 0 Å². The molecule has 8 aromatic rings. The SMILES string of the molecule is [Pt].[Pt].[c-]1cccc2[se]c[c-]c12.[c-]1ccccc1-c1[c-]c(-c2ccccn2)ccc1.c1ccc(-c2cccc(-c3ccccn3)n2)nc1. The Hall–Kier alpha value is -4.10. The number of hydrogen-bond acceptors (Lipinski definition) is 4. The molecule has 0 spiro atoms. The van der Waals surface area contributed by atoms with E-state index in [1.165, 1.54) is 4.26 Å². The molecule has 0 aliphatic heterocycles. The van der Waals surface area contributed by atoms with E-state index >= 15 is 0 Å². The Morgan fingerprint density at radius 2 is 0.979 bits per heavy atom. The van der Waals surface area contributed by atoms with Crippen molar-refractivity contribution in [3.8, 4) is 45.2 Å². The van der Waals surface area contributed by atoms with E-state index in [-0.39, 0.29) is 42.1 Å². The third-order valence-electron chi connectivity index (χ3n) is 6.55. The number of rotatable bonds is 4. The van der Waals surface area contributed by atoms with Crippen molar-refractivity contribution in [2.24, 2.45) is 0 Å². The Morgan fingerprint density at radius 3 is 1.57 bits per heavy atom. The van der Waals surface area contributed by atoms with Crippen molar-refractivity contribution >= 4 is 24.1 Å². The number of nitrogens with zero attached hydrogens (tertiary/aromatic N) is 4. The molecular formula is C40H26N4Pt2Se-4. The first kappa shape index (κ1) is 35.7. The summed E-state index contributed by atoms with van der Waals surface area (Å²) in [5, 5.41) is 1.16. The van der Waals surface area contributed by atoms with E-state index < -0.39 is 0 Å². The Labute approximate surface area is 310 Å². The van der Waals surface area contributed by atoms with Crippen molar-refractivity contribution in [2.45, 2.75) is 0 Å². The van der Waals surface area contributed by atoms with Gasteiger partial charge < -0.3 is 0 Å². The molecule has 0 radical (unpaired) electrons. The van der Waals surface area contributed by atoms with Gasteiger partial charge >= 0.3 is 59.4 Å². The topological polar surface area (TPSA) is 51.6 Å². The van der Waals surface area contributed by atoms with Gasteiger partial charge in [0.25, 0.3) is 0 Å². The van der Waals surface area contributed by atoms with Crippen LogP contribution >= 0.6 is 0 Å². The van der Waals surface area contributed by atoms with Gasteiger partial charge in [0.1, 0.15) is 0 Å². The largest absolute Gasteiger partial charge is 0.295 e. The maximum Gasteiger partial charge on any atom is 0.0894 e. The first-order chi connectivity index (χ1) is 22.3. The second-order valence-corrected chi connectivity index (χ2v) is 11.5. The Balaban J connectivity index is 0.000000164. The molecule has 0 aliphatic rings. The zero-order valence-electron chi connectivity index (χ0n) is 24.8. The predicted octanol–water partition coefficient (Wildman–Crippen LogP) is 8.71. The van der Waals surface area contributed by atoms with Crippen LogP contribution in [0, 0.1) is 24.3 Å². The van der Waals surface area contributed by atoms with E-state index in [2.05, 4.69) is 55.2 Å². The molecule has 236 valence electrons. The van der Waals surface area contributed by atoms with Crippen LogP contribution in [-0.4, -0.2) is 34.4 Å². The molecule has 4 nitrogen and oxygen atoms in total. The van der Waals surface area contributed by atoms with Crippen LogP contribution in [0.15, 0.2) is 157 Å². The fraction of sp³-hybridized carbons (Fsp3) is 0. The number of benzene rings is 3. The summed E-state index contributed by atoms with van der Waals surface area (Å²) >= 11 is 0.535. The van der Waals surface area contributed by atoms with Gasteiger partial charge in [0.05, 0.1) is 22.8 Å². The monoisotopic (exact) mass is 1030 g/mol. The molecule has 0 amide bonds. The van der Waals surface area contributed by atoms with Gasteiger partial charge in [-0.25, -0.2) is 10.5 Å². The minimum Gasteiger partial charge on any atom is -0.295 e. The van der Waals surface area contributed by atoms with Crippen molar-refractivity contribution in [3.63, 3.8) is 0 Å². The van der Waals surface area contributed by atoms with E-state index in [4.69, 9.17) is 0 Å². The van der Waals surface area contributed by atoms with Crippen LogP contribution in [0.1, 0.15) is 0 Å². The fourth-order valence-electron chi connectivity index (χ4n) is 4.39. The first-order valence-corrected chi connectivity index (χ1v) is 16.1. The Kier molecular flexibility index (Phi) is 14.4. The minimum atomic E-state index is 0. The average Bonchev–Trinajstić information content (AvgIpc) is 3.63. The van der Waals surface area contributed by atoms with E-state index in [0.717, 1.165) is 50.5 Å². The molecule has 47 heavy (non-hydrogen) atoms. The molecule has 7 heteroatoms. The maximum atomic E-state index is 4.59.